The Hall–Kier alpha value is -2.62. The van der Waals surface area contributed by atoms with Gasteiger partial charge >= 0.3 is 0 Å². The summed E-state index contributed by atoms with van der Waals surface area (Å²) < 4.78 is 32.6. The molecule has 3 rings (SSSR count). The van der Waals surface area contributed by atoms with E-state index in [1.807, 2.05) is 0 Å². The number of para-hydroxylation sites is 1. The van der Waals surface area contributed by atoms with E-state index in [1.54, 1.807) is 36.6 Å². The van der Waals surface area contributed by atoms with Crippen molar-refractivity contribution in [2.45, 2.75) is 17.9 Å². The largest absolute Gasteiger partial charge is 0.479 e. The maximum absolute atomic E-state index is 12.3. The van der Waals surface area contributed by atoms with Crippen molar-refractivity contribution in [3.8, 4) is 5.75 Å². The Labute approximate surface area is 171 Å². The number of ether oxygens (including phenoxy) is 1. The van der Waals surface area contributed by atoms with Crippen molar-refractivity contribution in [1.82, 2.24) is 4.98 Å². The summed E-state index contributed by atoms with van der Waals surface area (Å²) in [6.45, 7) is 1.59. The Bertz CT molecular complexity index is 1050. The predicted octanol–water partition coefficient (Wildman–Crippen LogP) is 4.00. The molecule has 0 aliphatic heterocycles. The van der Waals surface area contributed by atoms with Gasteiger partial charge in [-0.3, -0.25) is 9.52 Å². The molecule has 0 radical (unpaired) electrons. The smallest absolute Gasteiger partial charge is 0.265 e. The molecule has 0 bridgehead atoms. The molecule has 2 N–H and O–H groups in total. The molecule has 1 aromatic heterocycles. The number of nitrogens with one attached hydrogen (secondary N) is 2. The molecular weight excluding hydrogens is 422 g/mol. The van der Waals surface area contributed by atoms with Gasteiger partial charge in [0.05, 0.1) is 9.92 Å². The number of anilines is 2. The summed E-state index contributed by atoms with van der Waals surface area (Å²) in [5, 5.41) is 5.03. The van der Waals surface area contributed by atoms with Crippen LogP contribution in [0.5, 0.6) is 5.75 Å². The molecule has 146 valence electrons. The van der Waals surface area contributed by atoms with Crippen LogP contribution in [0, 0.1) is 0 Å². The monoisotopic (exact) mass is 437 g/mol. The minimum absolute atomic E-state index is 0.0565. The maximum atomic E-state index is 12.3. The van der Waals surface area contributed by atoms with Crippen LogP contribution in [0.3, 0.4) is 0 Å². The molecule has 2 aromatic carbocycles. The minimum atomic E-state index is -3.74. The Morgan fingerprint density at radius 3 is 2.54 bits per heavy atom. The van der Waals surface area contributed by atoms with Crippen molar-refractivity contribution in [1.29, 1.82) is 0 Å². The molecule has 3 aromatic rings. The van der Waals surface area contributed by atoms with E-state index >= 15 is 0 Å². The number of hydrogen-bond acceptors (Lipinski definition) is 6. The molecule has 0 fully saturated rings. The van der Waals surface area contributed by atoms with E-state index in [9.17, 15) is 13.2 Å². The van der Waals surface area contributed by atoms with E-state index in [0.717, 1.165) is 0 Å². The van der Waals surface area contributed by atoms with Gasteiger partial charge in [-0.15, -0.1) is 11.3 Å². The highest BCUT2D eigenvalue weighted by Crippen LogP contribution is 2.25. The van der Waals surface area contributed by atoms with Gasteiger partial charge in [0.2, 0.25) is 0 Å². The van der Waals surface area contributed by atoms with E-state index in [4.69, 9.17) is 16.3 Å². The van der Waals surface area contributed by atoms with Crippen molar-refractivity contribution in [2.75, 3.05) is 10.0 Å². The molecule has 1 amide bonds. The summed E-state index contributed by atoms with van der Waals surface area (Å²) in [6.07, 6.45) is 0.711. The maximum Gasteiger partial charge on any atom is 0.265 e. The molecule has 0 saturated heterocycles. The zero-order chi connectivity index (χ0) is 20.1. The predicted molar refractivity (Wildman–Crippen MR) is 110 cm³/mol. The zero-order valence-corrected chi connectivity index (χ0v) is 17.0. The topological polar surface area (TPSA) is 97.4 Å². The second kappa shape index (κ2) is 8.59. The Morgan fingerprint density at radius 1 is 1.18 bits per heavy atom. The molecule has 0 saturated carbocycles. The van der Waals surface area contributed by atoms with Crippen LogP contribution in [0.25, 0.3) is 0 Å². The highest BCUT2D eigenvalue weighted by molar-refractivity contribution is 7.93. The highest BCUT2D eigenvalue weighted by Gasteiger charge is 2.18. The molecule has 0 aliphatic rings. The first kappa shape index (κ1) is 20.1. The van der Waals surface area contributed by atoms with Gasteiger partial charge < -0.3 is 10.1 Å². The third-order valence-corrected chi connectivity index (χ3v) is 6.08. The summed E-state index contributed by atoms with van der Waals surface area (Å²) in [5.74, 6) is 0.0120. The first-order chi connectivity index (χ1) is 13.3. The number of hydrogen-bond donors (Lipinski definition) is 2. The third-order valence-electron chi connectivity index (χ3n) is 3.60. The number of carbonyl (C=O) groups is 1. The van der Waals surface area contributed by atoms with Gasteiger partial charge in [-0.1, -0.05) is 23.7 Å². The average molecular weight is 438 g/mol. The Morgan fingerprint density at radius 2 is 1.89 bits per heavy atom. The van der Waals surface area contributed by atoms with Gasteiger partial charge in [-0.25, -0.2) is 13.4 Å². The summed E-state index contributed by atoms with van der Waals surface area (Å²) >= 11 is 7.20. The summed E-state index contributed by atoms with van der Waals surface area (Å²) in [7, 11) is -3.74. The fourth-order valence-corrected chi connectivity index (χ4v) is 4.16. The fourth-order valence-electron chi connectivity index (χ4n) is 2.19. The molecule has 1 heterocycles. The van der Waals surface area contributed by atoms with E-state index in [-0.39, 0.29) is 10.0 Å². The molecule has 0 unspecified atom stereocenters. The van der Waals surface area contributed by atoms with Crippen molar-refractivity contribution in [3.05, 3.63) is 65.1 Å². The van der Waals surface area contributed by atoms with Crippen molar-refractivity contribution < 1.29 is 17.9 Å². The van der Waals surface area contributed by atoms with Crippen LogP contribution in [-0.4, -0.2) is 25.4 Å². The van der Waals surface area contributed by atoms with Crippen LogP contribution in [-0.2, 0) is 14.8 Å². The lowest BCUT2D eigenvalue weighted by Crippen LogP contribution is -2.30. The van der Waals surface area contributed by atoms with Crippen LogP contribution in [0.15, 0.2) is 65.0 Å². The number of aromatic nitrogens is 1. The fraction of sp³-hybridized carbons (Fsp3) is 0.111. The Balaban J connectivity index is 1.63. The van der Waals surface area contributed by atoms with Gasteiger partial charge in [0, 0.05) is 17.3 Å². The number of carbonyl (C=O) groups excluding carboxylic acids is 1. The number of benzene rings is 2. The van der Waals surface area contributed by atoms with Crippen LogP contribution in [0.1, 0.15) is 6.92 Å². The quantitative estimate of drug-likeness (QED) is 0.582. The number of thiazole rings is 1. The van der Waals surface area contributed by atoms with Crippen LogP contribution in [0.2, 0.25) is 5.02 Å². The average Bonchev–Trinajstić information content (AvgIpc) is 3.16. The van der Waals surface area contributed by atoms with Gasteiger partial charge in [-0.05, 0) is 43.3 Å². The number of halogens is 1. The molecule has 1 atom stereocenters. The number of sulfonamides is 1. The first-order valence-electron chi connectivity index (χ1n) is 8.09. The second-order valence-electron chi connectivity index (χ2n) is 5.65. The van der Waals surface area contributed by atoms with Gasteiger partial charge in [0.1, 0.15) is 5.75 Å². The molecule has 7 nitrogen and oxygen atoms in total. The standard InChI is InChI=1S/C18H16ClN3O4S2/c1-12(26-16-5-3-2-4-15(16)19)17(23)21-13-6-8-14(9-7-13)28(24,25)22-18-20-10-11-27-18/h2-12H,1H3,(H,20,22)(H,21,23)/t12-/m0/s1. The second-order valence-corrected chi connectivity index (χ2v) is 8.63. The van der Waals surface area contributed by atoms with Gasteiger partial charge in [-0.2, -0.15) is 0 Å². The molecule has 0 aliphatic carbocycles. The first-order valence-corrected chi connectivity index (χ1v) is 10.8. The summed E-state index contributed by atoms with van der Waals surface area (Å²) in [6, 6.07) is 12.6. The lowest BCUT2D eigenvalue weighted by Gasteiger charge is -2.15. The van der Waals surface area contributed by atoms with Crippen molar-refractivity contribution in [2.24, 2.45) is 0 Å². The van der Waals surface area contributed by atoms with Crippen LogP contribution < -0.4 is 14.8 Å². The SMILES string of the molecule is C[C@H](Oc1ccccc1Cl)C(=O)Nc1ccc(S(=O)(=O)Nc2nccs2)cc1. The summed E-state index contributed by atoms with van der Waals surface area (Å²) in [4.78, 5) is 16.3. The number of amides is 1. The molecule has 28 heavy (non-hydrogen) atoms. The van der Waals surface area contributed by atoms with E-state index in [0.29, 0.717) is 16.5 Å². The van der Waals surface area contributed by atoms with E-state index < -0.39 is 22.0 Å². The molecule has 10 heteroatoms. The number of nitrogens with zero attached hydrogens (tertiary/aromatic N) is 1. The zero-order valence-electron chi connectivity index (χ0n) is 14.6. The number of rotatable bonds is 7. The Kier molecular flexibility index (Phi) is 6.18. The normalized spacial score (nSPS) is 12.2. The lowest BCUT2D eigenvalue weighted by atomic mass is 10.3. The van der Waals surface area contributed by atoms with Crippen molar-refractivity contribution in [3.63, 3.8) is 0 Å². The summed E-state index contributed by atoms with van der Waals surface area (Å²) in [5.41, 5.74) is 0.438. The highest BCUT2D eigenvalue weighted by atomic mass is 35.5. The molecule has 0 spiro atoms. The third kappa shape index (κ3) is 5.00. The van der Waals surface area contributed by atoms with Crippen LogP contribution in [0.4, 0.5) is 10.8 Å². The van der Waals surface area contributed by atoms with Crippen LogP contribution >= 0.6 is 22.9 Å². The van der Waals surface area contributed by atoms with Gasteiger partial charge in [0.15, 0.2) is 11.2 Å². The van der Waals surface area contributed by atoms with E-state index in [2.05, 4.69) is 15.0 Å². The molecular formula is C18H16ClN3O4S2. The van der Waals surface area contributed by atoms with E-state index in [1.165, 1.54) is 41.8 Å². The lowest BCUT2D eigenvalue weighted by molar-refractivity contribution is -0.122. The van der Waals surface area contributed by atoms with Crippen molar-refractivity contribution >= 4 is 49.7 Å². The minimum Gasteiger partial charge on any atom is -0.479 e. The van der Waals surface area contributed by atoms with Gasteiger partial charge in [0.25, 0.3) is 15.9 Å².